The number of anilines is 1. The first kappa shape index (κ1) is 14.3. The Morgan fingerprint density at radius 2 is 1.95 bits per heavy atom. The molecule has 112 valence electrons. The van der Waals surface area contributed by atoms with Crippen molar-refractivity contribution >= 4 is 16.5 Å². The third kappa shape index (κ3) is 3.15. The standard InChI is InChI=1S/C15H26N4S/c1-3-13-14(11-16-4-2)20-15(17-13)19-9-7-18(8-10-19)12-5-6-12/h12,16H,3-11H2,1-2H3. The quantitative estimate of drug-likeness (QED) is 0.870. The first-order chi connectivity index (χ1) is 9.81. The van der Waals surface area contributed by atoms with Crippen molar-refractivity contribution < 1.29 is 0 Å². The lowest BCUT2D eigenvalue weighted by Crippen LogP contribution is -2.47. The van der Waals surface area contributed by atoms with Gasteiger partial charge in [-0.25, -0.2) is 4.98 Å². The van der Waals surface area contributed by atoms with Crippen molar-refractivity contribution in [3.63, 3.8) is 0 Å². The molecule has 0 spiro atoms. The van der Waals surface area contributed by atoms with Gasteiger partial charge < -0.3 is 10.2 Å². The number of nitrogens with one attached hydrogen (secondary N) is 1. The molecule has 0 bridgehead atoms. The molecule has 0 amide bonds. The molecular formula is C15H26N4S. The monoisotopic (exact) mass is 294 g/mol. The van der Waals surface area contributed by atoms with E-state index in [1.807, 2.05) is 11.3 Å². The molecule has 0 unspecified atom stereocenters. The maximum Gasteiger partial charge on any atom is 0.185 e. The third-order valence-electron chi connectivity index (χ3n) is 4.29. The normalized spacial score (nSPS) is 20.6. The molecular weight excluding hydrogens is 268 g/mol. The zero-order chi connectivity index (χ0) is 13.9. The molecule has 0 atom stereocenters. The Bertz CT molecular complexity index is 433. The highest BCUT2D eigenvalue weighted by Gasteiger charge is 2.31. The minimum Gasteiger partial charge on any atom is -0.346 e. The number of nitrogens with zero attached hydrogens (tertiary/aromatic N) is 3. The van der Waals surface area contributed by atoms with Gasteiger partial charge in [-0.2, -0.15) is 0 Å². The van der Waals surface area contributed by atoms with E-state index in [4.69, 9.17) is 4.98 Å². The van der Waals surface area contributed by atoms with Gasteiger partial charge in [-0.15, -0.1) is 11.3 Å². The van der Waals surface area contributed by atoms with Gasteiger partial charge in [0, 0.05) is 43.6 Å². The summed E-state index contributed by atoms with van der Waals surface area (Å²) in [4.78, 5) is 11.4. The summed E-state index contributed by atoms with van der Waals surface area (Å²) in [6.07, 6.45) is 3.88. The van der Waals surface area contributed by atoms with E-state index in [1.165, 1.54) is 41.6 Å². The zero-order valence-electron chi connectivity index (χ0n) is 12.7. The van der Waals surface area contributed by atoms with Crippen LogP contribution < -0.4 is 10.2 Å². The van der Waals surface area contributed by atoms with Gasteiger partial charge >= 0.3 is 0 Å². The van der Waals surface area contributed by atoms with Crippen molar-refractivity contribution in [1.29, 1.82) is 0 Å². The van der Waals surface area contributed by atoms with E-state index in [1.54, 1.807) is 0 Å². The summed E-state index contributed by atoms with van der Waals surface area (Å²) in [6.45, 7) is 11.1. The minimum atomic E-state index is 0.906. The third-order valence-corrected chi connectivity index (χ3v) is 5.44. The number of hydrogen-bond acceptors (Lipinski definition) is 5. The second kappa shape index (κ2) is 6.41. The molecule has 5 heteroatoms. The fraction of sp³-hybridized carbons (Fsp3) is 0.800. The maximum absolute atomic E-state index is 4.88. The molecule has 1 aliphatic carbocycles. The second-order valence-electron chi connectivity index (χ2n) is 5.75. The predicted molar refractivity (Wildman–Crippen MR) is 85.7 cm³/mol. The summed E-state index contributed by atoms with van der Waals surface area (Å²) < 4.78 is 0. The molecule has 1 saturated heterocycles. The fourth-order valence-electron chi connectivity index (χ4n) is 2.88. The van der Waals surface area contributed by atoms with E-state index in [0.29, 0.717) is 0 Å². The van der Waals surface area contributed by atoms with Crippen molar-refractivity contribution in [2.24, 2.45) is 0 Å². The van der Waals surface area contributed by atoms with E-state index in [9.17, 15) is 0 Å². The van der Waals surface area contributed by atoms with Gasteiger partial charge in [0.2, 0.25) is 0 Å². The van der Waals surface area contributed by atoms with Gasteiger partial charge in [-0.05, 0) is 25.8 Å². The topological polar surface area (TPSA) is 31.4 Å². The Labute approximate surface area is 126 Å². The Hall–Kier alpha value is -0.650. The molecule has 3 rings (SSSR count). The van der Waals surface area contributed by atoms with E-state index in [0.717, 1.165) is 38.6 Å². The van der Waals surface area contributed by atoms with Crippen LogP contribution in [-0.4, -0.2) is 48.6 Å². The first-order valence-corrected chi connectivity index (χ1v) is 8.81. The van der Waals surface area contributed by atoms with Gasteiger partial charge in [0.25, 0.3) is 0 Å². The van der Waals surface area contributed by atoms with E-state index < -0.39 is 0 Å². The Morgan fingerprint density at radius 1 is 1.20 bits per heavy atom. The summed E-state index contributed by atoms with van der Waals surface area (Å²) in [5.41, 5.74) is 1.29. The lowest BCUT2D eigenvalue weighted by atomic mass is 10.3. The number of rotatable bonds is 6. The summed E-state index contributed by atoms with van der Waals surface area (Å²) in [5.74, 6) is 0. The van der Waals surface area contributed by atoms with Crippen LogP contribution in [0.25, 0.3) is 0 Å². The predicted octanol–water partition coefficient (Wildman–Crippen LogP) is 2.10. The smallest absolute Gasteiger partial charge is 0.185 e. The van der Waals surface area contributed by atoms with Gasteiger partial charge in [-0.1, -0.05) is 13.8 Å². The SMILES string of the molecule is CCNCc1sc(N2CCN(C3CC3)CC2)nc1CC. The Balaban J connectivity index is 1.62. The highest BCUT2D eigenvalue weighted by atomic mass is 32.1. The van der Waals surface area contributed by atoms with Crippen molar-refractivity contribution in [1.82, 2.24) is 15.2 Å². The summed E-state index contributed by atoms with van der Waals surface area (Å²) in [7, 11) is 0. The second-order valence-corrected chi connectivity index (χ2v) is 6.82. The van der Waals surface area contributed by atoms with E-state index in [-0.39, 0.29) is 0 Å². The maximum atomic E-state index is 4.88. The van der Waals surface area contributed by atoms with Crippen LogP contribution in [0.2, 0.25) is 0 Å². The van der Waals surface area contributed by atoms with Gasteiger partial charge in [0.05, 0.1) is 5.69 Å². The molecule has 1 saturated carbocycles. The first-order valence-electron chi connectivity index (χ1n) is 8.00. The van der Waals surface area contributed by atoms with Crippen LogP contribution >= 0.6 is 11.3 Å². The van der Waals surface area contributed by atoms with Crippen LogP contribution in [0.1, 0.15) is 37.3 Å². The summed E-state index contributed by atoms with van der Waals surface area (Å²) in [6, 6.07) is 0.906. The molecule has 1 N–H and O–H groups in total. The molecule has 20 heavy (non-hydrogen) atoms. The van der Waals surface area contributed by atoms with Crippen molar-refractivity contribution in [3.8, 4) is 0 Å². The summed E-state index contributed by atoms with van der Waals surface area (Å²) >= 11 is 1.89. The van der Waals surface area contributed by atoms with Crippen LogP contribution in [0.15, 0.2) is 0 Å². The molecule has 2 aliphatic rings. The number of hydrogen-bond donors (Lipinski definition) is 1. The minimum absolute atomic E-state index is 0.906. The van der Waals surface area contributed by atoms with Crippen LogP contribution in [0.3, 0.4) is 0 Å². The zero-order valence-corrected chi connectivity index (χ0v) is 13.5. The van der Waals surface area contributed by atoms with E-state index in [2.05, 4.69) is 29.0 Å². The Morgan fingerprint density at radius 3 is 2.55 bits per heavy atom. The highest BCUT2D eigenvalue weighted by molar-refractivity contribution is 7.15. The summed E-state index contributed by atoms with van der Waals surface area (Å²) in [5, 5.41) is 4.67. The largest absolute Gasteiger partial charge is 0.346 e. The lowest BCUT2D eigenvalue weighted by Gasteiger charge is -2.34. The van der Waals surface area contributed by atoms with Crippen LogP contribution in [0.4, 0.5) is 5.13 Å². The van der Waals surface area contributed by atoms with Gasteiger partial charge in [0.1, 0.15) is 0 Å². The molecule has 1 aromatic rings. The molecule has 2 heterocycles. The van der Waals surface area contributed by atoms with E-state index >= 15 is 0 Å². The number of aryl methyl sites for hydroxylation is 1. The fourth-order valence-corrected chi connectivity index (χ4v) is 4.05. The highest BCUT2D eigenvalue weighted by Crippen LogP contribution is 2.31. The molecule has 4 nitrogen and oxygen atoms in total. The molecule has 0 radical (unpaired) electrons. The van der Waals surface area contributed by atoms with Crippen molar-refractivity contribution in [3.05, 3.63) is 10.6 Å². The van der Waals surface area contributed by atoms with Crippen LogP contribution in [0.5, 0.6) is 0 Å². The number of aromatic nitrogens is 1. The average molecular weight is 294 g/mol. The van der Waals surface area contributed by atoms with Gasteiger partial charge in [0.15, 0.2) is 5.13 Å². The molecule has 1 aliphatic heterocycles. The average Bonchev–Trinajstić information content (AvgIpc) is 3.25. The van der Waals surface area contributed by atoms with Gasteiger partial charge in [-0.3, -0.25) is 4.90 Å². The number of piperazine rings is 1. The molecule has 1 aromatic heterocycles. The Kier molecular flexibility index (Phi) is 4.58. The molecule has 2 fully saturated rings. The van der Waals surface area contributed by atoms with Crippen LogP contribution in [-0.2, 0) is 13.0 Å². The van der Waals surface area contributed by atoms with Crippen molar-refractivity contribution in [2.75, 3.05) is 37.6 Å². The molecule has 0 aromatic carbocycles. The lowest BCUT2D eigenvalue weighted by molar-refractivity contribution is 0.248. The van der Waals surface area contributed by atoms with Crippen molar-refractivity contribution in [2.45, 2.75) is 45.7 Å². The van der Waals surface area contributed by atoms with Crippen LogP contribution in [0, 0.1) is 0 Å². The number of thiazole rings is 1.